The van der Waals surface area contributed by atoms with Crippen molar-refractivity contribution in [3.63, 3.8) is 0 Å². The summed E-state index contributed by atoms with van der Waals surface area (Å²) in [5, 5.41) is 18.3. The third-order valence-corrected chi connectivity index (χ3v) is 6.27. The van der Waals surface area contributed by atoms with Gasteiger partial charge >= 0.3 is 6.01 Å². The van der Waals surface area contributed by atoms with Crippen LogP contribution in [0.2, 0.25) is 0 Å². The highest BCUT2D eigenvalue weighted by atomic mass is 16.4. The van der Waals surface area contributed by atoms with Crippen molar-refractivity contribution < 1.29 is 12.1 Å². The molecular weight excluding hydrogens is 332 g/mol. The predicted octanol–water partition coefficient (Wildman–Crippen LogP) is 2.76. The molecule has 3 atom stereocenters. The van der Waals surface area contributed by atoms with Crippen molar-refractivity contribution in [2.75, 3.05) is 18.4 Å². The molecule has 0 radical (unpaired) electrons. The second-order valence-electron chi connectivity index (χ2n) is 8.10. The number of anilines is 1. The van der Waals surface area contributed by atoms with Gasteiger partial charge < -0.3 is 14.6 Å². The molecule has 1 spiro atoms. The van der Waals surface area contributed by atoms with E-state index in [1.54, 1.807) is 6.20 Å². The minimum atomic E-state index is -0.362. The molecule has 26 heavy (non-hydrogen) atoms. The van der Waals surface area contributed by atoms with Crippen LogP contribution in [0.5, 0.6) is 0 Å². The third kappa shape index (κ3) is 2.87. The van der Waals surface area contributed by atoms with Crippen molar-refractivity contribution in [1.29, 1.82) is 0 Å². The van der Waals surface area contributed by atoms with Crippen molar-refractivity contribution in [3.05, 3.63) is 23.8 Å². The molecule has 8 heteroatoms. The Morgan fingerprint density at radius 1 is 1.35 bits per heavy atom. The molecule has 1 unspecified atom stereocenters. The van der Waals surface area contributed by atoms with Crippen LogP contribution in [0.4, 0.5) is 6.01 Å². The first-order chi connectivity index (χ1) is 12.6. The lowest BCUT2D eigenvalue weighted by molar-refractivity contribution is -0.133. The highest BCUT2D eigenvalue weighted by Crippen LogP contribution is 2.54. The van der Waals surface area contributed by atoms with Gasteiger partial charge in [0.2, 0.25) is 11.8 Å². The summed E-state index contributed by atoms with van der Waals surface area (Å²) in [6.07, 6.45) is 7.71. The second kappa shape index (κ2) is 5.82. The summed E-state index contributed by atoms with van der Waals surface area (Å²) < 4.78 is 5.75. The number of aromatic amines is 1. The van der Waals surface area contributed by atoms with Gasteiger partial charge in [-0.15, -0.1) is 5.10 Å². The Kier molecular flexibility index (Phi) is 3.55. The highest BCUT2D eigenvalue weighted by Gasteiger charge is 2.46. The van der Waals surface area contributed by atoms with E-state index < -0.39 is 0 Å². The van der Waals surface area contributed by atoms with Crippen LogP contribution in [0.3, 0.4) is 0 Å². The molecular formula is C18H28N6O2. The number of amides is 1. The van der Waals surface area contributed by atoms with Gasteiger partial charge in [0.15, 0.2) is 0 Å². The molecule has 5 rings (SSSR count). The van der Waals surface area contributed by atoms with E-state index in [1.807, 2.05) is 17.9 Å². The number of rotatable bonds is 5. The van der Waals surface area contributed by atoms with E-state index in [2.05, 4.69) is 25.7 Å². The number of carbonyl (C=O) groups is 1. The zero-order chi connectivity index (χ0) is 17.7. The summed E-state index contributed by atoms with van der Waals surface area (Å²) in [4.78, 5) is 14.6. The quantitative estimate of drug-likeness (QED) is 0.850. The molecule has 2 aromatic rings. The van der Waals surface area contributed by atoms with E-state index in [4.69, 9.17) is 4.42 Å². The molecule has 3 aliphatic rings. The molecule has 1 aliphatic heterocycles. The largest absolute Gasteiger partial charge is 0.408 e. The van der Waals surface area contributed by atoms with Crippen LogP contribution in [0, 0.1) is 5.41 Å². The number of carbonyl (C=O) groups excluding carboxylic acids is 1. The maximum Gasteiger partial charge on any atom is 0.316 e. The van der Waals surface area contributed by atoms with Gasteiger partial charge in [0.1, 0.15) is 6.04 Å². The average Bonchev–Trinajstić information content (AvgIpc) is 3.48. The molecule has 2 saturated carbocycles. The van der Waals surface area contributed by atoms with Crippen molar-refractivity contribution in [2.24, 2.45) is 5.41 Å². The summed E-state index contributed by atoms with van der Waals surface area (Å²) in [7, 11) is 0. The molecule has 142 valence electrons. The number of nitrogens with one attached hydrogen (secondary N) is 2. The van der Waals surface area contributed by atoms with Gasteiger partial charge in [-0.2, -0.15) is 5.10 Å². The normalized spacial score (nSPS) is 27.3. The van der Waals surface area contributed by atoms with Crippen LogP contribution in [0.25, 0.3) is 0 Å². The molecule has 3 heterocycles. The number of piperidine rings is 1. The first-order valence-electron chi connectivity index (χ1n) is 9.52. The molecule has 1 amide bonds. The predicted molar refractivity (Wildman–Crippen MR) is 97.8 cm³/mol. The zero-order valence-corrected chi connectivity index (χ0v) is 14.9. The van der Waals surface area contributed by atoms with Crippen LogP contribution < -0.4 is 5.32 Å². The summed E-state index contributed by atoms with van der Waals surface area (Å²) in [5.41, 5.74) is 1.68. The maximum atomic E-state index is 12.7. The fourth-order valence-corrected chi connectivity index (χ4v) is 4.13. The number of nitrogens with zero attached hydrogens (tertiary/aromatic N) is 4. The van der Waals surface area contributed by atoms with Gasteiger partial charge in [-0.1, -0.05) is 5.10 Å². The topological polar surface area (TPSA) is 99.9 Å². The molecule has 1 saturated heterocycles. The molecule has 2 aliphatic carbocycles. The lowest BCUT2D eigenvalue weighted by atomic mass is 9.93. The van der Waals surface area contributed by atoms with Gasteiger partial charge in [0.25, 0.3) is 0 Å². The van der Waals surface area contributed by atoms with Crippen molar-refractivity contribution >= 4 is 11.9 Å². The standard InChI is InChI=1S/C18H24N6O2.2H2/c1-11(16(25)24-8-5-18(3-4-18)6-9-24)20-17-23-22-15(26-17)13-10-12(13)14-2-7-19-21-14;;/h2,7,11-13H,3-6,8-10H2,1H3,(H,19,21)(H,20,23);2*1H/t11-,12+,13?;;/m0../s1. The minimum absolute atomic E-state index is 0. The Bertz CT molecular complexity index is 797. The molecule has 2 aromatic heterocycles. The van der Waals surface area contributed by atoms with E-state index in [0.717, 1.165) is 38.0 Å². The van der Waals surface area contributed by atoms with E-state index in [-0.39, 0.29) is 20.7 Å². The molecule has 0 aromatic carbocycles. The first-order valence-corrected chi connectivity index (χ1v) is 9.52. The van der Waals surface area contributed by atoms with Crippen LogP contribution >= 0.6 is 0 Å². The third-order valence-electron chi connectivity index (χ3n) is 6.27. The Morgan fingerprint density at radius 2 is 2.15 bits per heavy atom. The lowest BCUT2D eigenvalue weighted by Gasteiger charge is -2.33. The van der Waals surface area contributed by atoms with Crippen LogP contribution in [-0.2, 0) is 4.79 Å². The van der Waals surface area contributed by atoms with Gasteiger partial charge in [-0.05, 0) is 50.5 Å². The summed E-state index contributed by atoms with van der Waals surface area (Å²) >= 11 is 0. The highest BCUT2D eigenvalue weighted by molar-refractivity contribution is 5.83. The number of hydrogen-bond donors (Lipinski definition) is 2. The number of H-pyrrole nitrogens is 1. The summed E-state index contributed by atoms with van der Waals surface area (Å²) in [5.74, 6) is 1.34. The monoisotopic (exact) mass is 360 g/mol. The first kappa shape index (κ1) is 15.8. The fraction of sp³-hybridized carbons (Fsp3) is 0.667. The van der Waals surface area contributed by atoms with E-state index >= 15 is 0 Å². The minimum Gasteiger partial charge on any atom is -0.408 e. The van der Waals surface area contributed by atoms with Gasteiger partial charge in [0, 0.05) is 39.7 Å². The van der Waals surface area contributed by atoms with Gasteiger partial charge in [-0.25, -0.2) is 0 Å². The molecule has 2 N–H and O–H groups in total. The Balaban J connectivity index is 0.00000112. The summed E-state index contributed by atoms with van der Waals surface area (Å²) in [6, 6.07) is 1.94. The number of hydrogen-bond acceptors (Lipinski definition) is 6. The van der Waals surface area contributed by atoms with Crippen molar-refractivity contribution in [2.45, 2.75) is 56.9 Å². The Labute approximate surface area is 154 Å². The SMILES string of the molecule is C[C@H](Nc1nnc(C2C[C@H]2c2ccn[nH]2)o1)C(=O)N1CCC2(CC1)CC2.[HH].[HH]. The van der Waals surface area contributed by atoms with Crippen molar-refractivity contribution in [3.8, 4) is 0 Å². The second-order valence-corrected chi connectivity index (χ2v) is 8.10. The lowest BCUT2D eigenvalue weighted by Crippen LogP contribution is -2.45. The van der Waals surface area contributed by atoms with E-state index in [9.17, 15) is 4.79 Å². The molecule has 0 bridgehead atoms. The van der Waals surface area contributed by atoms with E-state index in [0.29, 0.717) is 23.2 Å². The Hall–Kier alpha value is -2.38. The maximum absolute atomic E-state index is 12.7. The number of aromatic nitrogens is 4. The van der Waals surface area contributed by atoms with Gasteiger partial charge in [0.05, 0.1) is 0 Å². The van der Waals surface area contributed by atoms with Crippen molar-refractivity contribution in [1.82, 2.24) is 25.3 Å². The van der Waals surface area contributed by atoms with Crippen LogP contribution in [0.15, 0.2) is 16.7 Å². The smallest absolute Gasteiger partial charge is 0.316 e. The van der Waals surface area contributed by atoms with Crippen LogP contribution in [0.1, 0.15) is 65.3 Å². The zero-order valence-electron chi connectivity index (χ0n) is 14.9. The molecule has 8 nitrogen and oxygen atoms in total. The van der Waals surface area contributed by atoms with E-state index in [1.165, 1.54) is 12.8 Å². The average molecular weight is 360 g/mol. The molecule has 3 fully saturated rings. The Morgan fingerprint density at radius 3 is 2.85 bits per heavy atom. The van der Waals surface area contributed by atoms with Crippen LogP contribution in [-0.4, -0.2) is 50.3 Å². The summed E-state index contributed by atoms with van der Waals surface area (Å²) in [6.45, 7) is 3.60. The van der Waals surface area contributed by atoms with Gasteiger partial charge in [-0.3, -0.25) is 9.89 Å². The number of likely N-dealkylation sites (tertiary alicyclic amines) is 1. The fourth-order valence-electron chi connectivity index (χ4n) is 4.13.